The van der Waals surface area contributed by atoms with Crippen LogP contribution in [0.4, 0.5) is 0 Å². The molecule has 2 heterocycles. The molecule has 0 aliphatic carbocycles. The second kappa shape index (κ2) is 13.5. The number of rotatable bonds is 4. The molecule has 14 aromatic rings. The van der Waals surface area contributed by atoms with Gasteiger partial charge in [-0.2, -0.15) is 0 Å². The Bertz CT molecular complexity index is 4130. The summed E-state index contributed by atoms with van der Waals surface area (Å²) in [5.41, 5.74) is 13.0. The van der Waals surface area contributed by atoms with Crippen molar-refractivity contribution in [2.75, 3.05) is 0 Å². The lowest BCUT2D eigenvalue weighted by molar-refractivity contribution is 0.669. The molecular weight excluding hydrogens is 777 g/mol. The summed E-state index contributed by atoms with van der Waals surface area (Å²) in [6.07, 6.45) is 0. The third-order valence-electron chi connectivity index (χ3n) is 13.6. The Morgan fingerprint density at radius 3 is 1.34 bits per heavy atom. The van der Waals surface area contributed by atoms with E-state index in [4.69, 9.17) is 8.83 Å². The summed E-state index contributed by atoms with van der Waals surface area (Å²) in [7, 11) is 0. The molecule has 2 aromatic heterocycles. The molecule has 0 aliphatic rings. The number of para-hydroxylation sites is 1. The average molecular weight is 813 g/mol. The molecular formula is C62H36O2. The Kier molecular flexibility index (Phi) is 7.43. The monoisotopic (exact) mass is 812 g/mol. The Morgan fingerprint density at radius 1 is 0.234 bits per heavy atom. The van der Waals surface area contributed by atoms with Crippen molar-refractivity contribution in [3.05, 3.63) is 218 Å². The van der Waals surface area contributed by atoms with E-state index < -0.39 is 0 Å². The first-order chi connectivity index (χ1) is 31.8. The zero-order valence-electron chi connectivity index (χ0n) is 34.6. The highest BCUT2D eigenvalue weighted by atomic mass is 16.3. The van der Waals surface area contributed by atoms with E-state index in [1.54, 1.807) is 0 Å². The van der Waals surface area contributed by atoms with E-state index in [2.05, 4.69) is 218 Å². The summed E-state index contributed by atoms with van der Waals surface area (Å²) in [4.78, 5) is 0. The Labute approximate surface area is 367 Å². The molecule has 0 bridgehead atoms. The quantitative estimate of drug-likeness (QED) is 0.166. The van der Waals surface area contributed by atoms with Gasteiger partial charge in [-0.25, -0.2) is 0 Å². The van der Waals surface area contributed by atoms with Gasteiger partial charge in [0.2, 0.25) is 0 Å². The largest absolute Gasteiger partial charge is 0.456 e. The SMILES string of the molecule is c1ccc(-c2c3ccccc3c(-c3ccc4c(c3)oc3c(-c5c6ccccc6c(-c6ccc7oc8ccc9ccccc9c8c7c6)c6ccccc56)cccc34)c3ccccc23)cc1. The van der Waals surface area contributed by atoms with Gasteiger partial charge in [-0.3, -0.25) is 0 Å². The Balaban J connectivity index is 0.991. The topological polar surface area (TPSA) is 26.3 Å². The van der Waals surface area contributed by atoms with Crippen molar-refractivity contribution in [3.8, 4) is 44.5 Å². The Morgan fingerprint density at radius 2 is 0.719 bits per heavy atom. The third kappa shape index (κ3) is 5.02. The van der Waals surface area contributed by atoms with Gasteiger partial charge in [-0.1, -0.05) is 188 Å². The van der Waals surface area contributed by atoms with E-state index >= 15 is 0 Å². The molecule has 2 heteroatoms. The zero-order chi connectivity index (χ0) is 41.9. The Hall–Kier alpha value is -8.46. The van der Waals surface area contributed by atoms with E-state index in [9.17, 15) is 0 Å². The zero-order valence-corrected chi connectivity index (χ0v) is 34.6. The molecule has 0 unspecified atom stereocenters. The lowest BCUT2D eigenvalue weighted by Crippen LogP contribution is -1.91. The van der Waals surface area contributed by atoms with Crippen LogP contribution in [0, 0.1) is 0 Å². The van der Waals surface area contributed by atoms with Gasteiger partial charge in [0, 0.05) is 32.7 Å². The third-order valence-corrected chi connectivity index (χ3v) is 13.6. The van der Waals surface area contributed by atoms with Crippen LogP contribution in [0.5, 0.6) is 0 Å². The lowest BCUT2D eigenvalue weighted by atomic mass is 9.85. The molecule has 0 fully saturated rings. The maximum Gasteiger partial charge on any atom is 0.143 e. The molecule has 0 radical (unpaired) electrons. The van der Waals surface area contributed by atoms with Crippen LogP contribution < -0.4 is 0 Å². The fourth-order valence-corrected chi connectivity index (χ4v) is 10.9. The van der Waals surface area contributed by atoms with Crippen molar-refractivity contribution < 1.29 is 8.83 Å². The van der Waals surface area contributed by atoms with Crippen molar-refractivity contribution in [1.29, 1.82) is 0 Å². The van der Waals surface area contributed by atoms with Crippen LogP contribution in [0.25, 0.3) is 142 Å². The van der Waals surface area contributed by atoms with Crippen LogP contribution in [0.1, 0.15) is 0 Å². The first-order valence-corrected chi connectivity index (χ1v) is 22.0. The van der Waals surface area contributed by atoms with Gasteiger partial charge in [0.15, 0.2) is 0 Å². The van der Waals surface area contributed by atoms with Crippen molar-refractivity contribution >= 4 is 97.7 Å². The van der Waals surface area contributed by atoms with E-state index in [1.165, 1.54) is 81.7 Å². The van der Waals surface area contributed by atoms with Crippen LogP contribution in [0.3, 0.4) is 0 Å². The van der Waals surface area contributed by atoms with E-state index in [-0.39, 0.29) is 0 Å². The van der Waals surface area contributed by atoms with Crippen LogP contribution in [-0.4, -0.2) is 0 Å². The first-order valence-electron chi connectivity index (χ1n) is 22.0. The van der Waals surface area contributed by atoms with Crippen LogP contribution >= 0.6 is 0 Å². The highest BCUT2D eigenvalue weighted by molar-refractivity contribution is 6.26. The van der Waals surface area contributed by atoms with E-state index in [1.807, 2.05) is 0 Å². The molecule has 0 amide bonds. The molecule has 0 atom stereocenters. The van der Waals surface area contributed by atoms with Gasteiger partial charge >= 0.3 is 0 Å². The van der Waals surface area contributed by atoms with Gasteiger partial charge in [0.1, 0.15) is 22.3 Å². The highest BCUT2D eigenvalue weighted by Crippen LogP contribution is 2.49. The minimum Gasteiger partial charge on any atom is -0.456 e. The molecule has 0 saturated carbocycles. The highest BCUT2D eigenvalue weighted by Gasteiger charge is 2.23. The molecule has 2 nitrogen and oxygen atoms in total. The normalized spacial score (nSPS) is 12.1. The van der Waals surface area contributed by atoms with Crippen LogP contribution in [-0.2, 0) is 0 Å². The molecule has 0 saturated heterocycles. The predicted molar refractivity (Wildman–Crippen MR) is 270 cm³/mol. The van der Waals surface area contributed by atoms with Crippen LogP contribution in [0.2, 0.25) is 0 Å². The van der Waals surface area contributed by atoms with Gasteiger partial charge in [-0.05, 0) is 118 Å². The van der Waals surface area contributed by atoms with Gasteiger partial charge in [0.05, 0.1) is 0 Å². The summed E-state index contributed by atoms with van der Waals surface area (Å²) < 4.78 is 13.6. The lowest BCUT2D eigenvalue weighted by Gasteiger charge is -2.18. The number of fused-ring (bicyclic) bond motifs is 12. The average Bonchev–Trinajstić information content (AvgIpc) is 3.93. The molecule has 14 rings (SSSR count). The second-order valence-corrected chi connectivity index (χ2v) is 17.0. The molecule has 12 aromatic carbocycles. The minimum absolute atomic E-state index is 0.874. The molecule has 296 valence electrons. The maximum absolute atomic E-state index is 7.13. The van der Waals surface area contributed by atoms with Crippen molar-refractivity contribution in [1.82, 2.24) is 0 Å². The van der Waals surface area contributed by atoms with Gasteiger partial charge in [-0.15, -0.1) is 0 Å². The van der Waals surface area contributed by atoms with E-state index in [0.717, 1.165) is 60.6 Å². The summed E-state index contributed by atoms with van der Waals surface area (Å²) in [6.45, 7) is 0. The number of hydrogen-bond donors (Lipinski definition) is 0. The van der Waals surface area contributed by atoms with Crippen molar-refractivity contribution in [2.45, 2.75) is 0 Å². The number of benzene rings is 12. The molecule has 64 heavy (non-hydrogen) atoms. The predicted octanol–water partition coefficient (Wildman–Crippen LogP) is 17.9. The fraction of sp³-hybridized carbons (Fsp3) is 0. The minimum atomic E-state index is 0.874. The van der Waals surface area contributed by atoms with Crippen molar-refractivity contribution in [3.63, 3.8) is 0 Å². The van der Waals surface area contributed by atoms with Crippen LogP contribution in [0.15, 0.2) is 227 Å². The fourth-order valence-electron chi connectivity index (χ4n) is 10.9. The summed E-state index contributed by atoms with van der Waals surface area (Å²) in [5, 5.41) is 16.6. The van der Waals surface area contributed by atoms with E-state index in [0.29, 0.717) is 0 Å². The summed E-state index contributed by atoms with van der Waals surface area (Å²) >= 11 is 0. The second-order valence-electron chi connectivity index (χ2n) is 17.0. The summed E-state index contributed by atoms with van der Waals surface area (Å²) in [5.74, 6) is 0. The molecule has 0 N–H and O–H groups in total. The molecule has 0 spiro atoms. The van der Waals surface area contributed by atoms with Gasteiger partial charge < -0.3 is 8.83 Å². The smallest absolute Gasteiger partial charge is 0.143 e. The number of furan rings is 2. The maximum atomic E-state index is 7.13. The van der Waals surface area contributed by atoms with Crippen molar-refractivity contribution in [2.24, 2.45) is 0 Å². The standard InChI is InChI=1S/C62H36O2/c1-2-16-38(17-3-1)57-43-19-6-8-21-45(43)59(46-22-9-7-20-44(46)57)40-29-32-42-51-27-14-28-52(62(51)64-56(42)36-40)60-49-25-12-10-23-47(49)58(48-24-11-13-26-50(48)60)39-31-33-54-53(35-39)61-41-18-5-4-15-37(41)30-34-55(61)63-54/h1-36H. The molecule has 0 aliphatic heterocycles. The first kappa shape index (κ1) is 35.2. The van der Waals surface area contributed by atoms with Gasteiger partial charge in [0.25, 0.3) is 0 Å². The number of hydrogen-bond acceptors (Lipinski definition) is 2. The summed E-state index contributed by atoms with van der Waals surface area (Å²) in [6, 6.07) is 79.1.